The Morgan fingerprint density at radius 3 is 3.24 bits per heavy atom. The molecule has 1 unspecified atom stereocenters. The largest absolute Gasteiger partial charge is 0.333 e. The summed E-state index contributed by atoms with van der Waals surface area (Å²) in [7, 11) is 0. The summed E-state index contributed by atoms with van der Waals surface area (Å²) >= 11 is 0. The van der Waals surface area contributed by atoms with Crippen molar-refractivity contribution in [2.75, 3.05) is 19.6 Å². The number of rotatable bonds is 5. The van der Waals surface area contributed by atoms with Crippen LogP contribution in [0.2, 0.25) is 0 Å². The van der Waals surface area contributed by atoms with Crippen molar-refractivity contribution in [2.45, 2.75) is 32.5 Å². The lowest BCUT2D eigenvalue weighted by Crippen LogP contribution is -2.43. The Kier molecular flexibility index (Phi) is 4.13. The molecule has 1 N–H and O–H groups in total. The van der Waals surface area contributed by atoms with Gasteiger partial charge in [0.05, 0.1) is 12.6 Å². The molecule has 0 saturated carbocycles. The molecule has 0 aliphatic carbocycles. The summed E-state index contributed by atoms with van der Waals surface area (Å²) in [6, 6.07) is 2.25. The molecule has 0 bridgehead atoms. The highest BCUT2D eigenvalue weighted by Gasteiger charge is 2.19. The van der Waals surface area contributed by atoms with Gasteiger partial charge in [-0.3, -0.25) is 4.90 Å². The lowest BCUT2D eigenvalue weighted by Gasteiger charge is -2.29. The topological polar surface area (TPSA) is 56.9 Å². The van der Waals surface area contributed by atoms with Crippen molar-refractivity contribution in [1.82, 2.24) is 19.8 Å². The fourth-order valence-electron chi connectivity index (χ4n) is 2.11. The van der Waals surface area contributed by atoms with Gasteiger partial charge in [-0.25, -0.2) is 4.98 Å². The SMILES string of the molecule is CCCNC(C#N)CN1CCn2ccnc2C1. The molecule has 0 amide bonds. The second-order valence-corrected chi connectivity index (χ2v) is 4.41. The Labute approximate surface area is 102 Å². The van der Waals surface area contributed by atoms with E-state index in [1.165, 1.54) is 0 Å². The van der Waals surface area contributed by atoms with E-state index in [0.717, 1.165) is 45.0 Å². The maximum atomic E-state index is 9.08. The summed E-state index contributed by atoms with van der Waals surface area (Å²) in [5, 5.41) is 12.3. The lowest BCUT2D eigenvalue weighted by atomic mass is 10.2. The molecule has 0 saturated heterocycles. The van der Waals surface area contributed by atoms with Crippen molar-refractivity contribution in [3.8, 4) is 6.07 Å². The highest BCUT2D eigenvalue weighted by Crippen LogP contribution is 2.10. The third-order valence-electron chi connectivity index (χ3n) is 3.06. The summed E-state index contributed by atoms with van der Waals surface area (Å²) < 4.78 is 2.18. The minimum atomic E-state index is -0.0727. The molecule has 0 radical (unpaired) electrons. The van der Waals surface area contributed by atoms with Crippen LogP contribution in [0.1, 0.15) is 19.2 Å². The van der Waals surface area contributed by atoms with Crippen LogP contribution in [0, 0.1) is 11.3 Å². The minimum Gasteiger partial charge on any atom is -0.333 e. The van der Waals surface area contributed by atoms with Crippen molar-refractivity contribution in [2.24, 2.45) is 0 Å². The summed E-state index contributed by atoms with van der Waals surface area (Å²) in [6.07, 6.45) is 4.92. The van der Waals surface area contributed by atoms with Crippen LogP contribution in [-0.4, -0.2) is 40.1 Å². The molecule has 2 heterocycles. The lowest BCUT2D eigenvalue weighted by molar-refractivity contribution is 0.206. The summed E-state index contributed by atoms with van der Waals surface area (Å²) in [4.78, 5) is 6.61. The minimum absolute atomic E-state index is 0.0727. The number of imidazole rings is 1. The number of hydrogen-bond donors (Lipinski definition) is 1. The Bertz CT molecular complexity index is 392. The number of nitriles is 1. The van der Waals surface area contributed by atoms with Crippen LogP contribution in [0.15, 0.2) is 12.4 Å². The van der Waals surface area contributed by atoms with E-state index in [0.29, 0.717) is 0 Å². The predicted octanol–water partition coefficient (Wildman–Crippen LogP) is 0.590. The zero-order valence-corrected chi connectivity index (χ0v) is 10.3. The van der Waals surface area contributed by atoms with Crippen LogP contribution < -0.4 is 5.32 Å². The number of aromatic nitrogens is 2. The fourth-order valence-corrected chi connectivity index (χ4v) is 2.11. The Balaban J connectivity index is 1.86. The standard InChI is InChI=1S/C12H19N5/c1-2-3-14-11(8-13)9-16-6-7-17-5-4-15-12(17)10-16/h4-5,11,14H,2-3,6-7,9-10H2,1H3. The molecule has 0 spiro atoms. The third-order valence-corrected chi connectivity index (χ3v) is 3.06. The number of hydrogen-bond acceptors (Lipinski definition) is 4. The van der Waals surface area contributed by atoms with Gasteiger partial charge < -0.3 is 9.88 Å². The van der Waals surface area contributed by atoms with Gasteiger partial charge in [0.2, 0.25) is 0 Å². The van der Waals surface area contributed by atoms with Gasteiger partial charge in [0.15, 0.2) is 0 Å². The van der Waals surface area contributed by atoms with Gasteiger partial charge in [0.1, 0.15) is 11.9 Å². The number of nitrogens with one attached hydrogen (secondary N) is 1. The maximum Gasteiger partial charge on any atom is 0.122 e. The molecular weight excluding hydrogens is 214 g/mol. The number of nitrogens with zero attached hydrogens (tertiary/aromatic N) is 4. The van der Waals surface area contributed by atoms with E-state index < -0.39 is 0 Å². The number of fused-ring (bicyclic) bond motifs is 1. The van der Waals surface area contributed by atoms with Crippen molar-refractivity contribution in [1.29, 1.82) is 5.26 Å². The van der Waals surface area contributed by atoms with E-state index in [9.17, 15) is 0 Å². The summed E-state index contributed by atoms with van der Waals surface area (Å²) in [5.41, 5.74) is 0. The molecule has 92 valence electrons. The quantitative estimate of drug-likeness (QED) is 0.808. The van der Waals surface area contributed by atoms with Crippen molar-refractivity contribution in [3.63, 3.8) is 0 Å². The van der Waals surface area contributed by atoms with Gasteiger partial charge in [0, 0.05) is 32.0 Å². The molecule has 1 aromatic rings. The highest BCUT2D eigenvalue weighted by molar-refractivity contribution is 4.98. The average molecular weight is 233 g/mol. The van der Waals surface area contributed by atoms with Gasteiger partial charge in [-0.05, 0) is 13.0 Å². The van der Waals surface area contributed by atoms with Crippen LogP contribution in [0.5, 0.6) is 0 Å². The molecule has 1 aromatic heterocycles. The molecule has 2 rings (SSSR count). The molecule has 1 atom stereocenters. The van der Waals surface area contributed by atoms with Gasteiger partial charge in [0.25, 0.3) is 0 Å². The third kappa shape index (κ3) is 3.05. The van der Waals surface area contributed by atoms with E-state index in [1.807, 2.05) is 12.4 Å². The second-order valence-electron chi connectivity index (χ2n) is 4.41. The Morgan fingerprint density at radius 2 is 2.47 bits per heavy atom. The van der Waals surface area contributed by atoms with Crippen LogP contribution in [0.25, 0.3) is 0 Å². The molecule has 0 aromatic carbocycles. The molecule has 1 aliphatic rings. The van der Waals surface area contributed by atoms with Crippen molar-refractivity contribution >= 4 is 0 Å². The highest BCUT2D eigenvalue weighted by atomic mass is 15.2. The Hall–Kier alpha value is -1.38. The molecule has 0 fully saturated rings. The first-order valence-electron chi connectivity index (χ1n) is 6.19. The van der Waals surface area contributed by atoms with Crippen LogP contribution in [0.4, 0.5) is 0 Å². The van der Waals surface area contributed by atoms with E-state index in [4.69, 9.17) is 5.26 Å². The molecule has 1 aliphatic heterocycles. The predicted molar refractivity (Wildman–Crippen MR) is 65.2 cm³/mol. The normalized spacial score (nSPS) is 17.4. The van der Waals surface area contributed by atoms with Gasteiger partial charge in [-0.1, -0.05) is 6.92 Å². The summed E-state index contributed by atoms with van der Waals surface area (Å²) in [5.74, 6) is 1.10. The van der Waals surface area contributed by atoms with E-state index in [2.05, 4.69) is 32.8 Å². The smallest absolute Gasteiger partial charge is 0.122 e. The van der Waals surface area contributed by atoms with Crippen LogP contribution in [0.3, 0.4) is 0 Å². The molecule has 17 heavy (non-hydrogen) atoms. The molecule has 5 nitrogen and oxygen atoms in total. The van der Waals surface area contributed by atoms with Crippen LogP contribution in [-0.2, 0) is 13.1 Å². The Morgan fingerprint density at radius 1 is 1.59 bits per heavy atom. The van der Waals surface area contributed by atoms with E-state index >= 15 is 0 Å². The van der Waals surface area contributed by atoms with Crippen molar-refractivity contribution in [3.05, 3.63) is 18.2 Å². The van der Waals surface area contributed by atoms with Gasteiger partial charge in [-0.15, -0.1) is 0 Å². The average Bonchev–Trinajstić information content (AvgIpc) is 2.81. The molecular formula is C12H19N5. The van der Waals surface area contributed by atoms with Crippen LogP contribution >= 0.6 is 0 Å². The summed E-state index contributed by atoms with van der Waals surface area (Å²) in [6.45, 7) is 6.61. The first-order chi connectivity index (χ1) is 8.33. The van der Waals surface area contributed by atoms with E-state index in [-0.39, 0.29) is 6.04 Å². The maximum absolute atomic E-state index is 9.08. The van der Waals surface area contributed by atoms with Crippen molar-refractivity contribution < 1.29 is 0 Å². The van der Waals surface area contributed by atoms with E-state index in [1.54, 1.807) is 0 Å². The zero-order valence-electron chi connectivity index (χ0n) is 10.3. The van der Waals surface area contributed by atoms with Gasteiger partial charge in [-0.2, -0.15) is 5.26 Å². The van der Waals surface area contributed by atoms with Gasteiger partial charge >= 0.3 is 0 Å². The monoisotopic (exact) mass is 233 g/mol. The molecule has 5 heteroatoms. The first-order valence-corrected chi connectivity index (χ1v) is 6.19. The zero-order chi connectivity index (χ0) is 12.1. The second kappa shape index (κ2) is 5.80. The fraction of sp³-hybridized carbons (Fsp3) is 0.667. The first kappa shape index (κ1) is 12.1.